The zero-order valence-corrected chi connectivity index (χ0v) is 7.25. The molecule has 0 aromatic rings. The highest BCUT2D eigenvalue weighted by Gasteiger charge is 2.23. The predicted octanol–water partition coefficient (Wildman–Crippen LogP) is 1.26. The molecule has 10 heavy (non-hydrogen) atoms. The first-order valence-corrected chi connectivity index (χ1v) is 3.13. The van der Waals surface area contributed by atoms with Crippen LogP contribution < -0.4 is 0 Å². The molecule has 0 radical (unpaired) electrons. The fraction of sp³-hybridized carbons (Fsp3) is 0. The Kier molecular flexibility index (Phi) is 4.12. The molecule has 58 valence electrons. The van der Waals surface area contributed by atoms with Crippen molar-refractivity contribution in [3.05, 3.63) is 0 Å². The Morgan fingerprint density at radius 1 is 0.800 bits per heavy atom. The van der Waals surface area contributed by atoms with Crippen molar-refractivity contribution in [3.8, 4) is 0 Å². The number of carbonyl (C=O) groups is 2. The molecular formula is C2Cl4N2O2. The largest absolute Gasteiger partial charge is 0.344 e. The first-order valence-electron chi connectivity index (χ1n) is 1.78. The van der Waals surface area contributed by atoms with E-state index in [-0.39, 0.29) is 7.88 Å². The molecule has 0 aromatic heterocycles. The van der Waals surface area contributed by atoms with Gasteiger partial charge in [-0.2, -0.15) is 7.88 Å². The molecule has 2 amide bonds. The lowest BCUT2D eigenvalue weighted by Gasteiger charge is -2.03. The van der Waals surface area contributed by atoms with E-state index < -0.39 is 11.8 Å². The van der Waals surface area contributed by atoms with Gasteiger partial charge in [0.1, 0.15) is 0 Å². The molecule has 8 heteroatoms. The Hall–Kier alpha value is 0.1000. The SMILES string of the molecule is O=C(C(=O)N(Cl)Cl)N(Cl)Cl. The second kappa shape index (κ2) is 4.08. The maximum absolute atomic E-state index is 10.4. The molecule has 0 saturated heterocycles. The van der Waals surface area contributed by atoms with Gasteiger partial charge < -0.3 is 0 Å². The summed E-state index contributed by atoms with van der Waals surface area (Å²) in [6, 6.07) is 0. The topological polar surface area (TPSA) is 40.6 Å². The van der Waals surface area contributed by atoms with Gasteiger partial charge in [-0.3, -0.25) is 9.59 Å². The van der Waals surface area contributed by atoms with Gasteiger partial charge in [0, 0.05) is 47.1 Å². The van der Waals surface area contributed by atoms with Gasteiger partial charge in [-0.05, 0) is 0 Å². The zero-order valence-electron chi connectivity index (χ0n) is 4.22. The molecule has 0 saturated carbocycles. The molecule has 0 fully saturated rings. The minimum Gasteiger partial charge on any atom is -0.261 e. The van der Waals surface area contributed by atoms with Crippen LogP contribution >= 0.6 is 47.1 Å². The van der Waals surface area contributed by atoms with E-state index in [2.05, 4.69) is 0 Å². The number of halogens is 4. The number of hydrogen-bond acceptors (Lipinski definition) is 2. The van der Waals surface area contributed by atoms with Gasteiger partial charge >= 0.3 is 11.8 Å². The molecule has 0 unspecified atom stereocenters. The first-order chi connectivity index (χ1) is 4.46. The smallest absolute Gasteiger partial charge is 0.261 e. The second-order valence-corrected chi connectivity index (χ2v) is 2.77. The normalized spacial score (nSPS) is 8.80. The summed E-state index contributed by atoms with van der Waals surface area (Å²) in [5.41, 5.74) is 0. The Morgan fingerprint density at radius 2 is 1.00 bits per heavy atom. The molecule has 0 atom stereocenters. The summed E-state index contributed by atoms with van der Waals surface area (Å²) in [6.45, 7) is 0. The van der Waals surface area contributed by atoms with Gasteiger partial charge in [0.05, 0.1) is 0 Å². The van der Waals surface area contributed by atoms with E-state index in [4.69, 9.17) is 47.1 Å². The van der Waals surface area contributed by atoms with Gasteiger partial charge in [0.15, 0.2) is 0 Å². The fourth-order valence-electron chi connectivity index (χ4n) is 0.145. The summed E-state index contributed by atoms with van der Waals surface area (Å²) in [5, 5.41) is 0. The summed E-state index contributed by atoms with van der Waals surface area (Å²) in [7, 11) is 0. The lowest BCUT2D eigenvalue weighted by molar-refractivity contribution is -0.142. The van der Waals surface area contributed by atoms with Crippen molar-refractivity contribution in [1.29, 1.82) is 0 Å². The predicted molar refractivity (Wildman–Crippen MR) is 37.1 cm³/mol. The summed E-state index contributed by atoms with van der Waals surface area (Å²) in [5.74, 6) is -2.46. The van der Waals surface area contributed by atoms with Crippen LogP contribution in [-0.2, 0) is 9.59 Å². The second-order valence-electron chi connectivity index (χ2n) is 1.08. The highest BCUT2D eigenvalue weighted by atomic mass is 35.5. The highest BCUT2D eigenvalue weighted by Crippen LogP contribution is 2.06. The van der Waals surface area contributed by atoms with Crippen molar-refractivity contribution < 1.29 is 9.59 Å². The van der Waals surface area contributed by atoms with Gasteiger partial charge in [-0.25, -0.2) is 0 Å². The Balaban J connectivity index is 4.10. The Labute approximate surface area is 76.6 Å². The maximum atomic E-state index is 10.4. The summed E-state index contributed by atoms with van der Waals surface area (Å²) in [4.78, 5) is 20.8. The molecule has 0 aliphatic carbocycles. The average molecular weight is 226 g/mol. The molecule has 0 heterocycles. The molecule has 0 N–H and O–H groups in total. The van der Waals surface area contributed by atoms with Crippen LogP contribution in [0.25, 0.3) is 0 Å². The van der Waals surface area contributed by atoms with Crippen molar-refractivity contribution in [2.24, 2.45) is 0 Å². The molecule has 0 aliphatic heterocycles. The third-order valence-electron chi connectivity index (χ3n) is 0.490. The number of carbonyl (C=O) groups excluding carboxylic acids is 2. The summed E-state index contributed by atoms with van der Waals surface area (Å²) in [6.07, 6.45) is 0. The maximum Gasteiger partial charge on any atom is 0.344 e. The third kappa shape index (κ3) is 2.79. The van der Waals surface area contributed by atoms with Gasteiger partial charge in [0.2, 0.25) is 0 Å². The van der Waals surface area contributed by atoms with Crippen molar-refractivity contribution in [3.63, 3.8) is 0 Å². The van der Waals surface area contributed by atoms with Gasteiger partial charge in [-0.15, -0.1) is 0 Å². The Bertz CT molecular complexity index is 139. The van der Waals surface area contributed by atoms with Crippen LogP contribution in [0.3, 0.4) is 0 Å². The van der Waals surface area contributed by atoms with E-state index in [0.29, 0.717) is 0 Å². The highest BCUT2D eigenvalue weighted by molar-refractivity contribution is 6.59. The van der Waals surface area contributed by atoms with Crippen LogP contribution in [0, 0.1) is 0 Å². The van der Waals surface area contributed by atoms with Crippen LogP contribution in [0.2, 0.25) is 0 Å². The van der Waals surface area contributed by atoms with Crippen LogP contribution in [0.5, 0.6) is 0 Å². The molecular weight excluding hydrogens is 226 g/mol. The van der Waals surface area contributed by atoms with Crippen molar-refractivity contribution in [1.82, 2.24) is 7.88 Å². The van der Waals surface area contributed by atoms with E-state index in [0.717, 1.165) is 0 Å². The molecule has 0 aromatic carbocycles. The quantitative estimate of drug-likeness (QED) is 0.460. The first kappa shape index (κ1) is 10.1. The minimum atomic E-state index is -1.23. The minimum absolute atomic E-state index is 0.0279. The fourth-order valence-corrected chi connectivity index (χ4v) is 0.434. The van der Waals surface area contributed by atoms with E-state index in [1.165, 1.54) is 0 Å². The van der Waals surface area contributed by atoms with E-state index >= 15 is 0 Å². The van der Waals surface area contributed by atoms with Crippen LogP contribution in [0.15, 0.2) is 0 Å². The van der Waals surface area contributed by atoms with Crippen molar-refractivity contribution in [2.45, 2.75) is 0 Å². The lowest BCUT2D eigenvalue weighted by Crippen LogP contribution is -2.28. The van der Waals surface area contributed by atoms with Crippen LogP contribution in [-0.4, -0.2) is 19.7 Å². The average Bonchev–Trinajstić information content (AvgIpc) is 1.84. The van der Waals surface area contributed by atoms with E-state index in [9.17, 15) is 9.59 Å². The number of amides is 2. The number of nitrogens with zero attached hydrogens (tertiary/aromatic N) is 2. The van der Waals surface area contributed by atoms with Crippen molar-refractivity contribution in [2.75, 3.05) is 0 Å². The van der Waals surface area contributed by atoms with Crippen LogP contribution in [0.1, 0.15) is 0 Å². The zero-order chi connectivity index (χ0) is 8.31. The number of hydrogen-bond donors (Lipinski definition) is 0. The molecule has 0 bridgehead atoms. The van der Waals surface area contributed by atoms with E-state index in [1.807, 2.05) is 0 Å². The summed E-state index contributed by atoms with van der Waals surface area (Å²) < 4.78 is 0.0557. The number of rotatable bonds is 0. The Morgan fingerprint density at radius 3 is 1.10 bits per heavy atom. The molecule has 0 rings (SSSR count). The van der Waals surface area contributed by atoms with Gasteiger partial charge in [0.25, 0.3) is 0 Å². The standard InChI is InChI=1S/C2Cl4N2O2/c3-7(4)1(9)2(10)8(5)6. The van der Waals surface area contributed by atoms with Crippen LogP contribution in [0.4, 0.5) is 0 Å². The monoisotopic (exact) mass is 224 g/mol. The van der Waals surface area contributed by atoms with Gasteiger partial charge in [-0.1, -0.05) is 0 Å². The third-order valence-corrected chi connectivity index (χ3v) is 1.10. The molecule has 0 aliphatic rings. The summed E-state index contributed by atoms with van der Waals surface area (Å²) >= 11 is 19.4. The molecule has 0 spiro atoms. The van der Waals surface area contributed by atoms with Crippen molar-refractivity contribution >= 4 is 58.9 Å². The lowest BCUT2D eigenvalue weighted by atomic mass is 10.6. The van der Waals surface area contributed by atoms with E-state index in [1.54, 1.807) is 0 Å². The molecule has 4 nitrogen and oxygen atoms in total.